The molecule has 7 aromatic rings. The minimum atomic E-state index is -4.73. The van der Waals surface area contributed by atoms with Gasteiger partial charge in [-0.1, -0.05) is 12.1 Å². The fourth-order valence-corrected chi connectivity index (χ4v) is 15.2. The minimum Gasteiger partial charge on any atom is -0.493 e. The lowest BCUT2D eigenvalue weighted by molar-refractivity contribution is -0.142. The molecule has 6 heterocycles. The van der Waals surface area contributed by atoms with E-state index in [0.29, 0.717) is 94.6 Å². The SMILES string of the molecule is COc1cc([C@@H]2c3cc4c(cc3[C@H](O)[C@H]3COC(=O)C23)OCO4)cc(C)c1OC.COc1cc([C@@H]2c3cc4c(cc3[C@H](OP(=O)(O)OCCOCCOCCOCCCCC(=O)CCC(NC(=O)c3ccc(NCc5cnc6nc(N)[nH]c(=O)c6n5)cc3)C(=O)O)[C@H]3COC(=O)C23)OCO4)cc(C)c1OC. The number of amides is 1. The molecule has 33 heteroatoms. The maximum Gasteiger partial charge on any atom is 0.472 e. The summed E-state index contributed by atoms with van der Waals surface area (Å²) in [4.78, 5) is 101. The summed E-state index contributed by atoms with van der Waals surface area (Å²) in [5.74, 6) is -1.59. The molecule has 1 amide bonds. The highest BCUT2D eigenvalue weighted by molar-refractivity contribution is 7.47. The number of benzene rings is 5. The number of unbranched alkanes of at least 4 members (excludes halogenated alkanes) is 1. The van der Waals surface area contributed by atoms with Crippen LogP contribution in [0.1, 0.15) is 117 Å². The predicted molar refractivity (Wildman–Crippen MR) is 373 cm³/mol. The number of aliphatic carboxylic acids is 1. The third kappa shape index (κ3) is 16.7. The number of aromatic amines is 1. The third-order valence-electron chi connectivity index (χ3n) is 19.2. The number of phosphoric acid groups is 1. The van der Waals surface area contributed by atoms with Crippen LogP contribution in [0.15, 0.2) is 83.8 Å². The van der Waals surface area contributed by atoms with Crippen LogP contribution in [0, 0.1) is 37.5 Å². The van der Waals surface area contributed by atoms with Crippen molar-refractivity contribution < 1.29 is 114 Å². The first-order valence-corrected chi connectivity index (χ1v) is 35.8. The van der Waals surface area contributed by atoms with Gasteiger partial charge in [0, 0.05) is 54.4 Å². The number of carbonyl (C=O) groups excluding carboxylic acids is 4. The summed E-state index contributed by atoms with van der Waals surface area (Å²) < 4.78 is 96.9. The van der Waals surface area contributed by atoms with E-state index in [4.69, 9.17) is 76.4 Å². The Balaban J connectivity index is 0.000000299. The predicted octanol–water partition coefficient (Wildman–Crippen LogP) is 7.23. The van der Waals surface area contributed by atoms with Gasteiger partial charge < -0.3 is 93.1 Å². The van der Waals surface area contributed by atoms with Crippen LogP contribution in [0.5, 0.6) is 46.0 Å². The summed E-state index contributed by atoms with van der Waals surface area (Å²) in [6.45, 7) is 5.27. The van der Waals surface area contributed by atoms with Gasteiger partial charge in [0.15, 0.2) is 57.2 Å². The Hall–Kier alpha value is -10.2. The van der Waals surface area contributed by atoms with Crippen molar-refractivity contribution in [3.05, 3.63) is 145 Å². The summed E-state index contributed by atoms with van der Waals surface area (Å²) in [5, 5.41) is 26.3. The molecule has 13 rings (SSSR count). The maximum atomic E-state index is 13.5. The highest BCUT2D eigenvalue weighted by Crippen LogP contribution is 2.61. The number of carboxylic acid groups (broad SMARTS) is 1. The molecule has 564 valence electrons. The van der Waals surface area contributed by atoms with Crippen molar-refractivity contribution in [1.82, 2.24) is 25.3 Å². The van der Waals surface area contributed by atoms with Crippen molar-refractivity contribution in [1.29, 1.82) is 0 Å². The van der Waals surface area contributed by atoms with Gasteiger partial charge in [0.05, 0.1) is 118 Å². The number of H-pyrrole nitrogens is 1. The van der Waals surface area contributed by atoms with Crippen molar-refractivity contribution in [3.8, 4) is 46.0 Å². The maximum absolute atomic E-state index is 13.5. The number of carbonyl (C=O) groups is 5. The van der Waals surface area contributed by atoms with Gasteiger partial charge in [0.25, 0.3) is 11.5 Å². The molecule has 6 aliphatic rings. The first-order chi connectivity index (χ1) is 51.1. The zero-order chi connectivity index (χ0) is 74.9. The number of Topliss-reactive ketones (excluding diaryl/α,β-unsaturated/α-hetero) is 1. The van der Waals surface area contributed by atoms with Crippen molar-refractivity contribution in [3.63, 3.8) is 0 Å². The number of phosphoric ester groups is 1. The Morgan fingerprint density at radius 3 is 1.77 bits per heavy atom. The summed E-state index contributed by atoms with van der Waals surface area (Å²) in [6.07, 6.45) is 0.794. The van der Waals surface area contributed by atoms with Gasteiger partial charge in [-0.05, 0) is 138 Å². The van der Waals surface area contributed by atoms with E-state index in [-0.39, 0.29) is 132 Å². The molecule has 0 radical (unpaired) electrons. The van der Waals surface area contributed by atoms with Crippen molar-refractivity contribution in [2.75, 3.05) is 113 Å². The number of aliphatic hydroxyl groups excluding tert-OH is 1. The quantitative estimate of drug-likeness (QED) is 0.0124. The molecule has 4 unspecified atom stereocenters. The number of methoxy groups -OCH3 is 4. The molecule has 0 bridgehead atoms. The standard InChI is InChI=1S/C51H60N7O18P.C22H22O7/c1-28-20-30(21-40(67-2)44(28)68-3)41-34-22-38-39(74-27-73-38)23-35(34)45(36-26-72-50(64)42(36)41)76-77(65,66)75-19-18-71-17-16-70-15-14-69-13-5-4-6-33(59)11-12-37(49(62)63)56-47(60)29-7-9-31(10-8-29)53-24-32-25-54-46-43(55-32)48(61)58-51(52)57-46;1-10-4-11(5-17(25-2)21(10)26-3)18-12-6-15-16(29-9-28-15)7-13(12)20(23)14-8-27-22(24)19(14)18/h7-10,20-23,25,36-37,41-42,45,53H,4-6,11-19,24,26-27H2,1-3H3,(H,56,60)(H,62,63)(H,65,66)(H3,52,54,57,58,61);4-7,14,18-20,23H,8-9H2,1-3H3/t36-,37?,41+,42?,45-;14-,18+,19?,20-/m00/s1. The Labute approximate surface area is 607 Å². The zero-order valence-electron chi connectivity index (χ0n) is 58.9. The number of nitrogen functional groups attached to an aromatic ring is 1. The third-order valence-corrected chi connectivity index (χ3v) is 20.3. The number of anilines is 2. The van der Waals surface area contributed by atoms with Gasteiger partial charge in [-0.15, -0.1) is 0 Å². The molecule has 4 aliphatic heterocycles. The Morgan fingerprint density at radius 2 is 1.20 bits per heavy atom. The number of aromatic nitrogens is 4. The monoisotopic (exact) mass is 1490 g/mol. The molecule has 10 atom stereocenters. The summed E-state index contributed by atoms with van der Waals surface area (Å²) in [6, 6.07) is 19.8. The molecule has 5 aromatic carbocycles. The molecule has 2 fully saturated rings. The van der Waals surface area contributed by atoms with Crippen LogP contribution in [-0.4, -0.2) is 172 Å². The number of rotatable bonds is 32. The highest BCUT2D eigenvalue weighted by Gasteiger charge is 2.56. The number of nitrogens with zero attached hydrogens (tertiary/aromatic N) is 3. The van der Waals surface area contributed by atoms with Crippen LogP contribution < -0.4 is 59.8 Å². The van der Waals surface area contributed by atoms with E-state index in [1.54, 1.807) is 45.6 Å². The zero-order valence-corrected chi connectivity index (χ0v) is 59.8. The largest absolute Gasteiger partial charge is 0.493 e. The molecule has 32 nitrogen and oxygen atoms in total. The number of hydrogen-bond donors (Lipinski definition) is 7. The molecule has 8 N–H and O–H groups in total. The number of carboxylic acids is 1. The van der Waals surface area contributed by atoms with Crippen LogP contribution in [0.2, 0.25) is 0 Å². The molecule has 0 spiro atoms. The van der Waals surface area contributed by atoms with Crippen LogP contribution in [0.4, 0.5) is 11.6 Å². The lowest BCUT2D eigenvalue weighted by Crippen LogP contribution is -2.41. The van der Waals surface area contributed by atoms with Gasteiger partial charge in [-0.3, -0.25) is 38.0 Å². The summed E-state index contributed by atoms with van der Waals surface area (Å²) >= 11 is 0. The fourth-order valence-electron chi connectivity index (χ4n) is 14.3. The second-order valence-electron chi connectivity index (χ2n) is 25.8. The number of aliphatic hydroxyl groups is 1. The van der Waals surface area contributed by atoms with E-state index in [9.17, 15) is 48.4 Å². The van der Waals surface area contributed by atoms with Gasteiger partial charge in [-0.2, -0.15) is 4.98 Å². The van der Waals surface area contributed by atoms with Gasteiger partial charge >= 0.3 is 25.7 Å². The van der Waals surface area contributed by atoms with Gasteiger partial charge in [-0.25, -0.2) is 19.3 Å². The second-order valence-corrected chi connectivity index (χ2v) is 27.2. The van der Waals surface area contributed by atoms with E-state index >= 15 is 0 Å². The first-order valence-electron chi connectivity index (χ1n) is 34.3. The minimum absolute atomic E-state index is 0.0171. The van der Waals surface area contributed by atoms with Gasteiger partial charge in [0.2, 0.25) is 19.5 Å². The Bertz CT molecular complexity index is 4540. The smallest absolute Gasteiger partial charge is 0.472 e. The molecule has 2 aliphatic carbocycles. The Kier molecular flexibility index (Phi) is 23.9. The second kappa shape index (κ2) is 33.5. The summed E-state index contributed by atoms with van der Waals surface area (Å²) in [5.41, 5.74) is 12.6. The number of nitrogens with two attached hydrogens (primary N) is 1. The van der Waals surface area contributed by atoms with Gasteiger partial charge in [0.1, 0.15) is 17.9 Å². The number of fused-ring (bicyclic) bond motifs is 7. The molecule has 106 heavy (non-hydrogen) atoms. The van der Waals surface area contributed by atoms with E-state index in [1.807, 2.05) is 50.2 Å². The number of aryl methyl sites for hydroxylation is 2. The molecule has 2 saturated heterocycles. The van der Waals surface area contributed by atoms with E-state index in [2.05, 4.69) is 30.6 Å². The van der Waals surface area contributed by atoms with Crippen LogP contribution in [-0.2, 0) is 63.0 Å². The molecule has 0 saturated carbocycles. The van der Waals surface area contributed by atoms with Crippen LogP contribution in [0.3, 0.4) is 0 Å². The average Bonchev–Trinajstić information content (AvgIpc) is 1.46. The number of hydrogen-bond acceptors (Lipinski definition) is 28. The fraction of sp³-hybridized carbons (Fsp3) is 0.438. The molecule has 2 aromatic heterocycles. The lowest BCUT2D eigenvalue weighted by atomic mass is 9.66. The molecular formula is C73H82N7O25P. The normalized spacial score (nSPS) is 20.6. The van der Waals surface area contributed by atoms with Crippen molar-refractivity contribution in [2.45, 2.75) is 82.6 Å². The number of cyclic esters (lactones) is 2. The topological polar surface area (TPSA) is 423 Å². The summed E-state index contributed by atoms with van der Waals surface area (Å²) in [7, 11) is 1.53. The van der Waals surface area contributed by atoms with Crippen LogP contribution in [0.25, 0.3) is 11.2 Å². The average molecular weight is 1490 g/mol. The van der Waals surface area contributed by atoms with Crippen molar-refractivity contribution >= 4 is 60.2 Å². The van der Waals surface area contributed by atoms with E-state index in [0.717, 1.165) is 33.4 Å². The Morgan fingerprint density at radius 1 is 0.660 bits per heavy atom. The first kappa shape index (κ1) is 75.5. The number of ketones is 1. The number of ether oxygens (including phenoxy) is 13. The van der Waals surface area contributed by atoms with Crippen molar-refractivity contribution in [2.24, 2.45) is 23.7 Å². The lowest BCUT2D eigenvalue weighted by Gasteiger charge is -2.39. The van der Waals surface area contributed by atoms with Crippen LogP contribution >= 0.6 is 7.82 Å². The number of nitrogens with one attached hydrogen (secondary N) is 3. The molecular weight excluding hydrogens is 1410 g/mol. The highest BCUT2D eigenvalue weighted by atomic mass is 31.2. The van der Waals surface area contributed by atoms with E-state index in [1.165, 1.54) is 25.4 Å². The number of esters is 2. The van der Waals surface area contributed by atoms with E-state index < -0.39 is 73.1 Å².